The Morgan fingerprint density at radius 2 is 1.71 bits per heavy atom. The molecule has 5 rings (SSSR count). The lowest BCUT2D eigenvalue weighted by atomic mass is 10.1. The van der Waals surface area contributed by atoms with Gasteiger partial charge in [0.1, 0.15) is 5.82 Å². The standard InChI is InChI=1S/C26H22Cl2N4O2/c1-2-34-26(33)23-24(20-13-12-19(28)15-21(20)29-23)32-22(14-16-8-10-18(27)11-9-16)30-31-25(32)17-6-4-3-5-7-17/h3-13,15,26,29,33H,2,14H2,1H3. The number of rotatable bonds is 7. The van der Waals surface area contributed by atoms with Crippen molar-refractivity contribution < 1.29 is 9.84 Å². The molecule has 0 amide bonds. The Labute approximate surface area is 206 Å². The average Bonchev–Trinajstić information content (AvgIpc) is 3.41. The van der Waals surface area contributed by atoms with Gasteiger partial charge in [-0.2, -0.15) is 0 Å². The van der Waals surface area contributed by atoms with Crippen LogP contribution in [0.1, 0.15) is 30.3 Å². The summed E-state index contributed by atoms with van der Waals surface area (Å²) in [7, 11) is 0. The second-order valence-electron chi connectivity index (χ2n) is 7.83. The number of ether oxygens (including phenoxy) is 1. The monoisotopic (exact) mass is 492 g/mol. The van der Waals surface area contributed by atoms with Gasteiger partial charge in [0.05, 0.1) is 11.4 Å². The smallest absolute Gasteiger partial charge is 0.198 e. The number of aliphatic hydroxyl groups excluding tert-OH is 1. The van der Waals surface area contributed by atoms with E-state index in [9.17, 15) is 5.11 Å². The molecule has 3 aromatic carbocycles. The molecule has 0 aliphatic heterocycles. The van der Waals surface area contributed by atoms with Gasteiger partial charge in [-0.1, -0.05) is 65.7 Å². The van der Waals surface area contributed by atoms with E-state index in [0.29, 0.717) is 40.4 Å². The van der Waals surface area contributed by atoms with Crippen LogP contribution in [0, 0.1) is 0 Å². The summed E-state index contributed by atoms with van der Waals surface area (Å²) in [6.07, 6.45) is -0.651. The van der Waals surface area contributed by atoms with Gasteiger partial charge in [0, 0.05) is 39.5 Å². The number of nitrogens with zero attached hydrogens (tertiary/aromatic N) is 3. The van der Waals surface area contributed by atoms with E-state index in [-0.39, 0.29) is 0 Å². The number of fused-ring (bicyclic) bond motifs is 1. The zero-order chi connectivity index (χ0) is 23.7. The van der Waals surface area contributed by atoms with Crippen LogP contribution in [0.25, 0.3) is 28.0 Å². The molecule has 0 saturated carbocycles. The largest absolute Gasteiger partial charge is 0.363 e. The van der Waals surface area contributed by atoms with E-state index in [2.05, 4.69) is 15.2 Å². The van der Waals surface area contributed by atoms with E-state index in [1.54, 1.807) is 0 Å². The van der Waals surface area contributed by atoms with Crippen molar-refractivity contribution in [3.63, 3.8) is 0 Å². The van der Waals surface area contributed by atoms with Crippen molar-refractivity contribution in [1.29, 1.82) is 0 Å². The molecule has 2 aromatic heterocycles. The molecule has 8 heteroatoms. The van der Waals surface area contributed by atoms with Crippen molar-refractivity contribution in [1.82, 2.24) is 19.7 Å². The lowest BCUT2D eigenvalue weighted by Gasteiger charge is -2.16. The quantitative estimate of drug-likeness (QED) is 0.260. The van der Waals surface area contributed by atoms with Crippen molar-refractivity contribution in [2.75, 3.05) is 6.61 Å². The van der Waals surface area contributed by atoms with Crippen LogP contribution in [0.5, 0.6) is 0 Å². The minimum Gasteiger partial charge on any atom is -0.363 e. The van der Waals surface area contributed by atoms with Gasteiger partial charge in [0.2, 0.25) is 0 Å². The van der Waals surface area contributed by atoms with Crippen LogP contribution in [0.4, 0.5) is 0 Å². The fourth-order valence-corrected chi connectivity index (χ4v) is 4.36. The minimum atomic E-state index is -1.17. The molecule has 172 valence electrons. The normalized spacial score (nSPS) is 12.4. The van der Waals surface area contributed by atoms with Crippen LogP contribution in [-0.2, 0) is 11.2 Å². The Balaban J connectivity index is 1.77. The fourth-order valence-electron chi connectivity index (χ4n) is 4.06. The van der Waals surface area contributed by atoms with Gasteiger partial charge in [0.15, 0.2) is 12.1 Å². The number of hydrogen-bond acceptors (Lipinski definition) is 4. The molecule has 0 radical (unpaired) electrons. The molecule has 6 nitrogen and oxygen atoms in total. The van der Waals surface area contributed by atoms with E-state index < -0.39 is 6.29 Å². The molecule has 0 spiro atoms. The molecule has 5 aromatic rings. The predicted octanol–water partition coefficient (Wildman–Crippen LogP) is 6.34. The number of hydrogen-bond donors (Lipinski definition) is 2. The zero-order valence-electron chi connectivity index (χ0n) is 18.4. The predicted molar refractivity (Wildman–Crippen MR) is 135 cm³/mol. The molecular weight excluding hydrogens is 471 g/mol. The Morgan fingerprint density at radius 1 is 0.971 bits per heavy atom. The molecule has 0 aliphatic carbocycles. The number of aromatic amines is 1. The molecule has 2 heterocycles. The summed E-state index contributed by atoms with van der Waals surface area (Å²) < 4.78 is 7.55. The SMILES string of the molecule is CCOC(O)c1[nH]c2cc(Cl)ccc2c1-n1c(Cc2ccc(Cl)cc2)nnc1-c1ccccc1. The maximum absolute atomic E-state index is 10.9. The van der Waals surface area contributed by atoms with E-state index in [1.165, 1.54) is 0 Å². The summed E-state index contributed by atoms with van der Waals surface area (Å²) >= 11 is 12.4. The van der Waals surface area contributed by atoms with E-state index in [1.807, 2.05) is 84.3 Å². The first kappa shape index (κ1) is 22.6. The van der Waals surface area contributed by atoms with Crippen molar-refractivity contribution in [2.24, 2.45) is 0 Å². The highest BCUT2D eigenvalue weighted by molar-refractivity contribution is 6.31. The number of H-pyrrole nitrogens is 1. The first-order valence-corrected chi connectivity index (χ1v) is 11.7. The molecule has 1 unspecified atom stereocenters. The molecule has 0 saturated heterocycles. The Morgan fingerprint density at radius 3 is 2.44 bits per heavy atom. The highest BCUT2D eigenvalue weighted by Crippen LogP contribution is 2.36. The Kier molecular flexibility index (Phi) is 6.39. The van der Waals surface area contributed by atoms with Gasteiger partial charge in [0.25, 0.3) is 0 Å². The summed E-state index contributed by atoms with van der Waals surface area (Å²) in [4.78, 5) is 3.30. The third-order valence-corrected chi connectivity index (χ3v) is 6.08. The third kappa shape index (κ3) is 4.33. The molecular formula is C26H22Cl2N4O2. The summed E-state index contributed by atoms with van der Waals surface area (Å²) in [5.74, 6) is 1.37. The summed E-state index contributed by atoms with van der Waals surface area (Å²) in [6.45, 7) is 2.19. The Bertz CT molecular complexity index is 1430. The van der Waals surface area contributed by atoms with Crippen LogP contribution >= 0.6 is 23.2 Å². The number of nitrogens with one attached hydrogen (secondary N) is 1. The second-order valence-corrected chi connectivity index (χ2v) is 8.70. The first-order valence-electron chi connectivity index (χ1n) is 10.9. The maximum Gasteiger partial charge on any atom is 0.198 e. The van der Waals surface area contributed by atoms with Crippen LogP contribution < -0.4 is 0 Å². The van der Waals surface area contributed by atoms with Crippen molar-refractivity contribution in [3.05, 3.63) is 99.9 Å². The molecule has 0 fully saturated rings. The lowest BCUT2D eigenvalue weighted by molar-refractivity contribution is -0.100. The highest BCUT2D eigenvalue weighted by Gasteiger charge is 2.26. The van der Waals surface area contributed by atoms with E-state index in [4.69, 9.17) is 27.9 Å². The number of aromatic nitrogens is 4. The minimum absolute atomic E-state index is 0.349. The molecule has 0 bridgehead atoms. The zero-order valence-corrected chi connectivity index (χ0v) is 19.9. The van der Waals surface area contributed by atoms with Crippen LogP contribution in [0.3, 0.4) is 0 Å². The van der Waals surface area contributed by atoms with Crippen molar-refractivity contribution in [3.8, 4) is 17.1 Å². The van der Waals surface area contributed by atoms with Crippen molar-refractivity contribution in [2.45, 2.75) is 19.6 Å². The van der Waals surface area contributed by atoms with Crippen LogP contribution in [-0.4, -0.2) is 31.5 Å². The van der Waals surface area contributed by atoms with Gasteiger partial charge >= 0.3 is 0 Å². The number of aliphatic hydroxyl groups is 1. The Hall–Kier alpha value is -3.16. The van der Waals surface area contributed by atoms with Gasteiger partial charge in [-0.25, -0.2) is 0 Å². The highest BCUT2D eigenvalue weighted by atomic mass is 35.5. The number of halogens is 2. The molecule has 34 heavy (non-hydrogen) atoms. The van der Waals surface area contributed by atoms with Gasteiger partial charge in [-0.05, 0) is 42.8 Å². The topological polar surface area (TPSA) is 76.0 Å². The molecule has 0 aliphatic rings. The maximum atomic E-state index is 10.9. The van der Waals surface area contributed by atoms with Gasteiger partial charge < -0.3 is 14.8 Å². The van der Waals surface area contributed by atoms with E-state index in [0.717, 1.165) is 27.7 Å². The third-order valence-electron chi connectivity index (χ3n) is 5.59. The average molecular weight is 493 g/mol. The number of benzene rings is 3. The lowest BCUT2D eigenvalue weighted by Crippen LogP contribution is -2.11. The summed E-state index contributed by atoms with van der Waals surface area (Å²) in [6, 6.07) is 23.1. The van der Waals surface area contributed by atoms with Gasteiger partial charge in [-0.3, -0.25) is 4.57 Å². The van der Waals surface area contributed by atoms with Crippen LogP contribution in [0.15, 0.2) is 72.8 Å². The van der Waals surface area contributed by atoms with Crippen LogP contribution in [0.2, 0.25) is 10.0 Å². The molecule has 2 N–H and O–H groups in total. The van der Waals surface area contributed by atoms with E-state index >= 15 is 0 Å². The second kappa shape index (κ2) is 9.60. The summed E-state index contributed by atoms with van der Waals surface area (Å²) in [5, 5.41) is 22.1. The molecule has 1 atom stereocenters. The first-order chi connectivity index (χ1) is 16.5. The fraction of sp³-hybridized carbons (Fsp3) is 0.154. The van der Waals surface area contributed by atoms with Gasteiger partial charge in [-0.15, -0.1) is 10.2 Å². The van der Waals surface area contributed by atoms with Crippen molar-refractivity contribution >= 4 is 34.1 Å². The summed E-state index contributed by atoms with van der Waals surface area (Å²) in [5.41, 5.74) is 3.94.